The van der Waals surface area contributed by atoms with Gasteiger partial charge in [0.1, 0.15) is 30.2 Å². The van der Waals surface area contributed by atoms with Gasteiger partial charge in [-0.05, 0) is 119 Å². The monoisotopic (exact) mass is 1380 g/mol. The summed E-state index contributed by atoms with van der Waals surface area (Å²) < 4.78 is 59.0. The van der Waals surface area contributed by atoms with Gasteiger partial charge in [0, 0.05) is 59.4 Å². The van der Waals surface area contributed by atoms with Crippen molar-refractivity contribution in [3.8, 4) is 0 Å². The van der Waals surface area contributed by atoms with Crippen LogP contribution in [0, 0.1) is 35.5 Å². The number of halogens is 3. The number of ether oxygens (including phenoxy) is 3. The van der Waals surface area contributed by atoms with Crippen molar-refractivity contribution >= 4 is 64.9 Å². The molecule has 2 aliphatic heterocycles. The fraction of sp³-hybridized carbons (Fsp3) is 0.686. The van der Waals surface area contributed by atoms with Gasteiger partial charge in [-0.1, -0.05) is 111 Å². The molecule has 2 fully saturated rings. The number of nitrogens with one attached hydrogen (secondary N) is 7. The van der Waals surface area contributed by atoms with Gasteiger partial charge in [-0.15, -0.1) is 0 Å². The Bertz CT molecular complexity index is 2920. The van der Waals surface area contributed by atoms with Crippen LogP contribution in [0.4, 0.5) is 23.7 Å². The molecular formula is C70H111F3N12O13. The maximum atomic E-state index is 14.6. The third-order valence-corrected chi connectivity index (χ3v) is 18.9. The highest BCUT2D eigenvalue weighted by atomic mass is 19.4. The van der Waals surface area contributed by atoms with Crippen LogP contribution >= 0.6 is 0 Å². The highest BCUT2D eigenvalue weighted by Gasteiger charge is 2.49. The van der Waals surface area contributed by atoms with E-state index in [9.17, 15) is 61.1 Å². The molecule has 13 atom stereocenters. The quantitative estimate of drug-likeness (QED) is 0.0313. The number of amides is 10. The van der Waals surface area contributed by atoms with Gasteiger partial charge >= 0.3 is 18.2 Å². The highest BCUT2D eigenvalue weighted by Crippen LogP contribution is 2.36. The van der Waals surface area contributed by atoms with Crippen LogP contribution in [-0.4, -0.2) is 214 Å². The first-order chi connectivity index (χ1) is 46.2. The van der Waals surface area contributed by atoms with E-state index in [-0.39, 0.29) is 107 Å². The highest BCUT2D eigenvalue weighted by molar-refractivity contribution is 5.98. The van der Waals surface area contributed by atoms with E-state index in [0.29, 0.717) is 37.1 Å². The van der Waals surface area contributed by atoms with Crippen LogP contribution in [0.25, 0.3) is 0 Å². The average Bonchev–Trinajstić information content (AvgIpc) is 1.25. The number of likely N-dealkylation sites (tertiary alicyclic amines) is 2. The summed E-state index contributed by atoms with van der Waals surface area (Å²) in [6.45, 7) is 17.1. The van der Waals surface area contributed by atoms with Crippen LogP contribution in [0.1, 0.15) is 138 Å². The van der Waals surface area contributed by atoms with E-state index in [1.807, 2.05) is 90.9 Å². The van der Waals surface area contributed by atoms with Crippen molar-refractivity contribution in [3.63, 3.8) is 0 Å². The molecule has 2 aromatic rings. The van der Waals surface area contributed by atoms with Gasteiger partial charge in [-0.3, -0.25) is 53.0 Å². The number of esters is 1. The molecule has 0 aliphatic carbocycles. The maximum Gasteiger partial charge on any atom is 0.404 e. The van der Waals surface area contributed by atoms with Crippen LogP contribution in [0.3, 0.4) is 0 Å². The molecule has 9 N–H and O–H groups in total. The Hall–Kier alpha value is -7.43. The molecule has 2 aromatic carbocycles. The first kappa shape index (κ1) is 83.0. The number of benzene rings is 2. The van der Waals surface area contributed by atoms with Crippen LogP contribution < -0.4 is 43.0 Å². The molecule has 0 radical (unpaired) electrons. The lowest BCUT2D eigenvalue weighted by molar-refractivity contribution is -0.198. The Morgan fingerprint density at radius 2 is 1.34 bits per heavy atom. The first-order valence-corrected chi connectivity index (χ1v) is 34.3. The minimum absolute atomic E-state index is 0.00987. The van der Waals surface area contributed by atoms with E-state index >= 15 is 0 Å². The molecule has 28 heteroatoms. The third kappa shape index (κ3) is 24.8. The van der Waals surface area contributed by atoms with Gasteiger partial charge in [0.05, 0.1) is 55.7 Å². The Labute approximate surface area is 576 Å². The number of primary amides is 1. The Balaban J connectivity index is 1.43. The van der Waals surface area contributed by atoms with Crippen molar-refractivity contribution in [1.29, 1.82) is 0 Å². The largest absolute Gasteiger partial charge is 0.469 e. The van der Waals surface area contributed by atoms with Crippen molar-refractivity contribution in [2.45, 2.75) is 206 Å². The van der Waals surface area contributed by atoms with Crippen molar-refractivity contribution < 1.29 is 75.3 Å². The summed E-state index contributed by atoms with van der Waals surface area (Å²) in [6.07, 6.45) is -4.51. The van der Waals surface area contributed by atoms with Gasteiger partial charge < -0.3 is 67.0 Å². The van der Waals surface area contributed by atoms with Gasteiger partial charge in [0.15, 0.2) is 0 Å². The summed E-state index contributed by atoms with van der Waals surface area (Å²) in [4.78, 5) is 142. The van der Waals surface area contributed by atoms with E-state index in [1.165, 1.54) is 19.1 Å². The molecule has 0 spiro atoms. The number of likely N-dealkylation sites (N-methyl/N-ethyl adjacent to an activating group) is 2. The molecule has 98 heavy (non-hydrogen) atoms. The summed E-state index contributed by atoms with van der Waals surface area (Å²) >= 11 is 0. The van der Waals surface area contributed by atoms with E-state index in [4.69, 9.17) is 15.2 Å². The van der Waals surface area contributed by atoms with Gasteiger partial charge in [0.2, 0.25) is 47.3 Å². The molecule has 2 saturated heterocycles. The summed E-state index contributed by atoms with van der Waals surface area (Å²) in [5, 5.41) is 19.5. The average molecular weight is 1390 g/mol. The van der Waals surface area contributed by atoms with E-state index in [2.05, 4.69) is 42.0 Å². The van der Waals surface area contributed by atoms with Gasteiger partial charge in [0.25, 0.3) is 0 Å². The number of piperidine rings is 1. The van der Waals surface area contributed by atoms with Crippen LogP contribution in [-0.2, 0) is 70.3 Å². The third-order valence-electron chi connectivity index (χ3n) is 18.9. The molecule has 550 valence electrons. The number of hydrogen-bond donors (Lipinski definition) is 8. The topological polar surface area (TPSA) is 322 Å². The number of hydrogen-bond acceptors (Lipinski definition) is 15. The van der Waals surface area contributed by atoms with Crippen molar-refractivity contribution in [3.05, 3.63) is 65.7 Å². The number of nitrogens with two attached hydrogens (primary N) is 1. The fourth-order valence-corrected chi connectivity index (χ4v) is 13.3. The van der Waals surface area contributed by atoms with E-state index < -0.39 is 132 Å². The Kier molecular flexibility index (Phi) is 33.9. The number of anilines is 1. The lowest BCUT2D eigenvalue weighted by Gasteiger charge is -2.41. The summed E-state index contributed by atoms with van der Waals surface area (Å²) in [5.41, 5.74) is 6.97. The Morgan fingerprint density at radius 1 is 0.694 bits per heavy atom. The van der Waals surface area contributed by atoms with Crippen LogP contribution in [0.5, 0.6) is 0 Å². The van der Waals surface area contributed by atoms with E-state index in [1.54, 1.807) is 61.9 Å². The molecule has 10 amide bonds. The summed E-state index contributed by atoms with van der Waals surface area (Å²) in [7, 11) is 9.48. The van der Waals surface area contributed by atoms with Crippen molar-refractivity contribution in [2.24, 2.45) is 41.2 Å². The number of carbonyl (C=O) groups is 10. The summed E-state index contributed by atoms with van der Waals surface area (Å²) in [6, 6.07) is 7.22. The maximum absolute atomic E-state index is 14.6. The normalized spacial score (nSPS) is 19.0. The Morgan fingerprint density at radius 3 is 1.90 bits per heavy atom. The number of methoxy groups -OCH3 is 3. The van der Waals surface area contributed by atoms with E-state index in [0.717, 1.165) is 12.7 Å². The minimum Gasteiger partial charge on any atom is -0.469 e. The zero-order valence-electron chi connectivity index (χ0n) is 60.1. The standard InChI is InChI=1S/C70H111F3N12O13/c1-16-44(8)60(83(12)67(93)58(42(4)5)81-66(92)59(43(6)7)82(10)11)53(96-13)39-56(87)85-35-21-26-52(85)61(97-14)45(9)62(88)79-51(37-46-23-18-17-19-24-46)63(89)76-40-47-28-30-49(31-29-47)77-64(90)50(25-20-33-75-69(74)95)78-65(91)57(41(2)3)80-55(86)27-22-34-84-36-32-48(68(94)98-15)38-54(84)70(71,72)73/h17-19,23-24,28-31,41-45,48,50-54,57-61H,16,20-22,25-27,32-40H2,1-15H3,(H,76,89)(H,77,90)(H,78,91)(H,79,88)(H,80,86)(H,81,92)(H3,74,75,95)/t44-,45+,48-,50-,51-,52-,53+,54+,57-,58-,59-,60-,61+/m0/s1. The predicted molar refractivity (Wildman–Crippen MR) is 365 cm³/mol. The predicted octanol–water partition coefficient (Wildman–Crippen LogP) is 5.29. The molecule has 0 bridgehead atoms. The van der Waals surface area contributed by atoms with Gasteiger partial charge in [-0.2, -0.15) is 13.2 Å². The molecule has 0 unspecified atom stereocenters. The SMILES string of the molecule is CC[C@H](C)[C@@H]([C@@H](CC(=O)N1CCC[C@H]1[C@H](OC)[C@@H](C)C(=O)N[C@@H](Cc1ccccc1)C(=O)NCc1ccc(NC(=O)[C@H](CCCNC(N)=O)NC(=O)[C@@H](NC(=O)CCCN2CC[C@H](C(=O)OC)C[C@@H]2C(F)(F)F)C(C)C)cc1)OC)N(C)C(=O)[C@@H](NC(=O)[C@H](C(C)C)N(C)C)C(C)C. The lowest BCUT2D eigenvalue weighted by Crippen LogP contribution is -2.59. The number of urea groups is 1. The number of carbonyl (C=O) groups excluding carboxylic acids is 10. The summed E-state index contributed by atoms with van der Waals surface area (Å²) in [5.74, 6) is -7.03. The second-order valence-electron chi connectivity index (χ2n) is 27.4. The molecular weight excluding hydrogens is 1270 g/mol. The molecule has 0 saturated carbocycles. The fourth-order valence-electron chi connectivity index (χ4n) is 13.3. The number of nitrogens with zero attached hydrogens (tertiary/aromatic N) is 4. The number of rotatable bonds is 38. The molecule has 2 aliphatic rings. The van der Waals surface area contributed by atoms with Gasteiger partial charge in [-0.25, -0.2) is 4.79 Å². The van der Waals surface area contributed by atoms with Crippen LogP contribution in [0.2, 0.25) is 0 Å². The second kappa shape index (κ2) is 40.0. The zero-order valence-corrected chi connectivity index (χ0v) is 60.1. The molecule has 25 nitrogen and oxygen atoms in total. The van der Waals surface area contributed by atoms with Crippen molar-refractivity contribution in [1.82, 2.24) is 51.5 Å². The molecule has 2 heterocycles. The lowest BCUT2D eigenvalue weighted by atomic mass is 9.89. The second-order valence-corrected chi connectivity index (χ2v) is 27.4. The van der Waals surface area contributed by atoms with Crippen LogP contribution in [0.15, 0.2) is 54.6 Å². The smallest absolute Gasteiger partial charge is 0.404 e. The molecule has 4 rings (SSSR count). The molecule has 0 aromatic heterocycles. The minimum atomic E-state index is -4.62. The first-order valence-electron chi connectivity index (χ1n) is 34.3. The van der Waals surface area contributed by atoms with Crippen molar-refractivity contribution in [2.75, 3.05) is 74.0 Å². The number of alkyl halides is 3. The zero-order chi connectivity index (χ0) is 73.3.